The molecule has 1 N–H and O–H groups in total. The van der Waals surface area contributed by atoms with Crippen LogP contribution in [0.2, 0.25) is 0 Å². The van der Waals surface area contributed by atoms with Crippen molar-refractivity contribution in [2.24, 2.45) is 0 Å². The van der Waals surface area contributed by atoms with Gasteiger partial charge in [0.25, 0.3) is 0 Å². The van der Waals surface area contributed by atoms with E-state index in [4.69, 9.17) is 0 Å². The Kier molecular flexibility index (Phi) is 5.05. The number of phenols is 1. The Morgan fingerprint density at radius 3 is 1.44 bits per heavy atom. The third-order valence-corrected chi connectivity index (χ3v) is 3.19. The number of benzene rings is 1. The first-order valence-corrected chi connectivity index (χ1v) is 6.44. The minimum Gasteiger partial charge on any atom is -0.507 e. The van der Waals surface area contributed by atoms with Gasteiger partial charge in [0.15, 0.2) is 0 Å². The van der Waals surface area contributed by atoms with E-state index in [1.54, 1.807) is 0 Å². The zero-order chi connectivity index (χ0) is 13.4. The predicted molar refractivity (Wildman–Crippen MR) is 81.6 cm³/mol. The molecule has 1 rings (SSSR count). The van der Waals surface area contributed by atoms with Gasteiger partial charge in [-0.05, 0) is 33.9 Å². The monoisotopic (exact) mass is 250 g/mol. The first kappa shape index (κ1) is 17.0. The van der Waals surface area contributed by atoms with Gasteiger partial charge >= 0.3 is 0 Å². The average molecular weight is 250 g/mol. The van der Waals surface area contributed by atoms with Crippen molar-refractivity contribution in [2.75, 3.05) is 0 Å². The zero-order valence-electron chi connectivity index (χ0n) is 12.3. The second-order valence-electron chi connectivity index (χ2n) is 6.89. The van der Waals surface area contributed by atoms with Crippen molar-refractivity contribution in [1.82, 2.24) is 0 Å². The van der Waals surface area contributed by atoms with Crippen LogP contribution in [0.1, 0.15) is 72.6 Å². The van der Waals surface area contributed by atoms with Gasteiger partial charge < -0.3 is 5.11 Å². The van der Waals surface area contributed by atoms with E-state index in [0.29, 0.717) is 5.75 Å². The molecule has 0 aliphatic carbocycles. The molecule has 1 heteroatoms. The lowest BCUT2D eigenvalue weighted by Gasteiger charge is -2.28. The molecule has 0 aliphatic heterocycles. The van der Waals surface area contributed by atoms with E-state index < -0.39 is 0 Å². The topological polar surface area (TPSA) is 20.2 Å². The summed E-state index contributed by atoms with van der Waals surface area (Å²) in [4.78, 5) is 0. The molecule has 0 saturated carbocycles. The lowest BCUT2D eigenvalue weighted by atomic mass is 9.78. The molecule has 0 aromatic heterocycles. The summed E-state index contributed by atoms with van der Waals surface area (Å²) in [6, 6.07) is 4.29. The van der Waals surface area contributed by atoms with Crippen LogP contribution in [0.25, 0.3) is 0 Å². The number of aryl methyl sites for hydroxylation is 1. The summed E-state index contributed by atoms with van der Waals surface area (Å²) in [7, 11) is 0. The molecule has 18 heavy (non-hydrogen) atoms. The van der Waals surface area contributed by atoms with Gasteiger partial charge in [-0.1, -0.05) is 68.0 Å². The fourth-order valence-electron chi connectivity index (χ4n) is 2.04. The molecule has 0 saturated heterocycles. The van der Waals surface area contributed by atoms with Crippen LogP contribution in [0.4, 0.5) is 0 Å². The number of phenolic OH excluding ortho intramolecular Hbond substituents is 1. The van der Waals surface area contributed by atoms with Crippen LogP contribution in [-0.2, 0) is 17.3 Å². The highest BCUT2D eigenvalue weighted by molar-refractivity contribution is 5.49. The van der Waals surface area contributed by atoms with Crippen molar-refractivity contribution in [1.29, 1.82) is 0 Å². The molecule has 1 aromatic carbocycles. The molecular weight excluding hydrogens is 220 g/mol. The molecule has 1 aromatic rings. The molecule has 0 amide bonds. The summed E-state index contributed by atoms with van der Waals surface area (Å²) in [5.74, 6) is 0.474. The highest BCUT2D eigenvalue weighted by atomic mass is 16.3. The summed E-state index contributed by atoms with van der Waals surface area (Å²) < 4.78 is 0. The normalized spacial score (nSPS) is 12.2. The highest BCUT2D eigenvalue weighted by Crippen LogP contribution is 2.39. The van der Waals surface area contributed by atoms with Crippen LogP contribution in [0.5, 0.6) is 5.75 Å². The molecule has 0 unspecified atom stereocenters. The first-order chi connectivity index (χ1) is 7.57. The molecule has 0 atom stereocenters. The van der Waals surface area contributed by atoms with Crippen LogP contribution in [0.3, 0.4) is 0 Å². The fourth-order valence-corrected chi connectivity index (χ4v) is 2.04. The van der Waals surface area contributed by atoms with Crippen molar-refractivity contribution in [3.05, 3.63) is 28.8 Å². The Bertz CT molecular complexity index is 368. The van der Waals surface area contributed by atoms with Crippen LogP contribution < -0.4 is 0 Å². The maximum atomic E-state index is 10.5. The van der Waals surface area contributed by atoms with Gasteiger partial charge in [0.05, 0.1) is 0 Å². The Hall–Kier alpha value is -0.980. The fraction of sp³-hybridized carbons (Fsp3) is 0.647. The van der Waals surface area contributed by atoms with E-state index in [1.807, 2.05) is 0 Å². The molecule has 0 fully saturated rings. The zero-order valence-corrected chi connectivity index (χ0v) is 12.3. The standard InChI is InChI=1S/C16H26O.CH4/c1-8-11-9-12(15(2,3)4)14(17)13(10-11)16(5,6)7;/h9-10,17H,8H2,1-7H3;1H4. The second-order valence-corrected chi connectivity index (χ2v) is 6.89. The third-order valence-electron chi connectivity index (χ3n) is 3.19. The largest absolute Gasteiger partial charge is 0.507 e. The minimum atomic E-state index is -0.0186. The van der Waals surface area contributed by atoms with Crippen LogP contribution in [-0.4, -0.2) is 5.11 Å². The minimum absolute atomic E-state index is 0. The summed E-state index contributed by atoms with van der Waals surface area (Å²) >= 11 is 0. The summed E-state index contributed by atoms with van der Waals surface area (Å²) in [6.07, 6.45) is 1.01. The predicted octanol–water partition coefficient (Wildman–Crippen LogP) is 5.19. The number of hydrogen-bond acceptors (Lipinski definition) is 1. The van der Waals surface area contributed by atoms with E-state index in [-0.39, 0.29) is 18.3 Å². The molecule has 0 heterocycles. The molecule has 0 spiro atoms. The van der Waals surface area contributed by atoms with Gasteiger partial charge in [0, 0.05) is 0 Å². The van der Waals surface area contributed by atoms with Crippen LogP contribution in [0.15, 0.2) is 12.1 Å². The summed E-state index contributed by atoms with van der Waals surface area (Å²) in [5.41, 5.74) is 3.38. The van der Waals surface area contributed by atoms with Gasteiger partial charge in [-0.2, -0.15) is 0 Å². The van der Waals surface area contributed by atoms with E-state index in [0.717, 1.165) is 17.5 Å². The first-order valence-electron chi connectivity index (χ1n) is 6.44. The lowest BCUT2D eigenvalue weighted by molar-refractivity contribution is 0.422. The van der Waals surface area contributed by atoms with E-state index >= 15 is 0 Å². The van der Waals surface area contributed by atoms with Crippen LogP contribution >= 0.6 is 0 Å². The molecule has 1 nitrogen and oxygen atoms in total. The molecular formula is C17H30O. The van der Waals surface area contributed by atoms with E-state index in [9.17, 15) is 5.11 Å². The maximum Gasteiger partial charge on any atom is 0.123 e. The smallest absolute Gasteiger partial charge is 0.123 e. The summed E-state index contributed by atoms with van der Waals surface area (Å²) in [5, 5.41) is 10.5. The number of hydrogen-bond donors (Lipinski definition) is 1. The Morgan fingerprint density at radius 1 is 0.889 bits per heavy atom. The van der Waals surface area contributed by atoms with Gasteiger partial charge in [0.1, 0.15) is 5.75 Å². The number of rotatable bonds is 1. The van der Waals surface area contributed by atoms with Gasteiger partial charge in [-0.25, -0.2) is 0 Å². The van der Waals surface area contributed by atoms with Gasteiger partial charge in [-0.15, -0.1) is 0 Å². The quantitative estimate of drug-likeness (QED) is 0.727. The van der Waals surface area contributed by atoms with E-state index in [1.165, 1.54) is 5.56 Å². The SMILES string of the molecule is C.CCc1cc(C(C)(C)C)c(O)c(C(C)(C)C)c1. The second kappa shape index (κ2) is 5.34. The number of aromatic hydroxyl groups is 1. The molecule has 0 bridgehead atoms. The van der Waals surface area contributed by atoms with E-state index in [2.05, 4.69) is 60.6 Å². The Labute approximate surface area is 113 Å². The molecule has 0 radical (unpaired) electrons. The van der Waals surface area contributed by atoms with Crippen LogP contribution in [0, 0.1) is 0 Å². The molecule has 0 aliphatic rings. The Balaban J connectivity index is 0.00000289. The molecule has 104 valence electrons. The van der Waals surface area contributed by atoms with Crippen molar-refractivity contribution in [3.8, 4) is 5.75 Å². The lowest BCUT2D eigenvalue weighted by Crippen LogP contribution is -2.17. The Morgan fingerprint density at radius 2 is 1.22 bits per heavy atom. The third kappa shape index (κ3) is 3.51. The van der Waals surface area contributed by atoms with Crippen molar-refractivity contribution >= 4 is 0 Å². The highest BCUT2D eigenvalue weighted by Gasteiger charge is 2.26. The van der Waals surface area contributed by atoms with Crippen molar-refractivity contribution in [2.45, 2.75) is 73.1 Å². The van der Waals surface area contributed by atoms with Gasteiger partial charge in [0.2, 0.25) is 0 Å². The van der Waals surface area contributed by atoms with Crippen molar-refractivity contribution in [3.63, 3.8) is 0 Å². The summed E-state index contributed by atoms with van der Waals surface area (Å²) in [6.45, 7) is 15.0. The van der Waals surface area contributed by atoms with Crippen molar-refractivity contribution < 1.29 is 5.11 Å². The maximum absolute atomic E-state index is 10.5. The average Bonchev–Trinajstić information content (AvgIpc) is 2.14. The van der Waals surface area contributed by atoms with Gasteiger partial charge in [-0.3, -0.25) is 0 Å².